The molecule has 0 aliphatic heterocycles. The van der Waals surface area contributed by atoms with Crippen molar-refractivity contribution in [3.8, 4) is 0 Å². The molecule has 0 radical (unpaired) electrons. The van der Waals surface area contributed by atoms with E-state index in [9.17, 15) is 0 Å². The zero-order valence-electron chi connectivity index (χ0n) is 12.8. The SMILES string of the molecule is CC(C)c1cccc(NC2C3CC4CC(C3)CC2C4)c1. The topological polar surface area (TPSA) is 12.0 Å². The third kappa shape index (κ3) is 2.16. The van der Waals surface area contributed by atoms with E-state index in [4.69, 9.17) is 0 Å². The molecule has 1 nitrogen and oxygen atoms in total. The number of hydrogen-bond donors (Lipinski definition) is 1. The van der Waals surface area contributed by atoms with Crippen molar-refractivity contribution in [2.45, 2.75) is 57.9 Å². The van der Waals surface area contributed by atoms with Gasteiger partial charge in [-0.25, -0.2) is 0 Å². The fourth-order valence-electron chi connectivity index (χ4n) is 5.34. The van der Waals surface area contributed by atoms with Crippen LogP contribution in [-0.4, -0.2) is 6.04 Å². The maximum absolute atomic E-state index is 3.92. The Morgan fingerprint density at radius 3 is 2.20 bits per heavy atom. The minimum atomic E-state index is 0.621. The van der Waals surface area contributed by atoms with E-state index < -0.39 is 0 Å². The molecule has 0 saturated heterocycles. The normalized spacial score (nSPS) is 38.5. The van der Waals surface area contributed by atoms with Crippen LogP contribution in [0.25, 0.3) is 0 Å². The van der Waals surface area contributed by atoms with E-state index in [-0.39, 0.29) is 0 Å². The number of hydrogen-bond acceptors (Lipinski definition) is 1. The number of nitrogens with one attached hydrogen (secondary N) is 1. The first-order valence-corrected chi connectivity index (χ1v) is 8.55. The van der Waals surface area contributed by atoms with Crippen molar-refractivity contribution in [2.24, 2.45) is 23.7 Å². The lowest BCUT2D eigenvalue weighted by Gasteiger charge is -2.54. The average molecular weight is 269 g/mol. The van der Waals surface area contributed by atoms with E-state index in [2.05, 4.69) is 43.4 Å². The second-order valence-electron chi connectivity index (χ2n) is 7.88. The van der Waals surface area contributed by atoms with Crippen molar-refractivity contribution in [2.75, 3.05) is 5.32 Å². The molecule has 4 bridgehead atoms. The van der Waals surface area contributed by atoms with E-state index >= 15 is 0 Å². The summed E-state index contributed by atoms with van der Waals surface area (Å²) in [4.78, 5) is 0. The first kappa shape index (κ1) is 12.7. The van der Waals surface area contributed by atoms with E-state index in [0.29, 0.717) is 5.92 Å². The summed E-state index contributed by atoms with van der Waals surface area (Å²) in [6.45, 7) is 4.56. The minimum absolute atomic E-state index is 0.621. The number of anilines is 1. The third-order valence-electron chi connectivity index (χ3n) is 6.11. The Morgan fingerprint density at radius 2 is 1.60 bits per heavy atom. The molecule has 4 saturated carbocycles. The molecule has 0 amide bonds. The zero-order valence-corrected chi connectivity index (χ0v) is 12.8. The fourth-order valence-corrected chi connectivity index (χ4v) is 5.34. The second kappa shape index (κ2) is 4.79. The van der Waals surface area contributed by atoms with Gasteiger partial charge in [0, 0.05) is 11.7 Å². The van der Waals surface area contributed by atoms with Crippen LogP contribution in [0.5, 0.6) is 0 Å². The molecule has 4 aliphatic carbocycles. The standard InChI is InChI=1S/C19H27N/c1-12(2)15-4-3-5-18(11-15)20-19-16-7-13-6-14(9-16)10-17(19)8-13/h3-5,11-14,16-17,19-20H,6-10H2,1-2H3. The summed E-state index contributed by atoms with van der Waals surface area (Å²) in [6.07, 6.45) is 7.52. The van der Waals surface area contributed by atoms with Gasteiger partial charge in [-0.15, -0.1) is 0 Å². The van der Waals surface area contributed by atoms with E-state index in [1.807, 2.05) is 0 Å². The van der Waals surface area contributed by atoms with Crippen LogP contribution in [-0.2, 0) is 0 Å². The Balaban J connectivity index is 1.53. The van der Waals surface area contributed by atoms with Gasteiger partial charge in [-0.3, -0.25) is 0 Å². The summed E-state index contributed by atoms with van der Waals surface area (Å²) in [5.41, 5.74) is 2.81. The first-order chi connectivity index (χ1) is 9.69. The van der Waals surface area contributed by atoms with Gasteiger partial charge in [-0.1, -0.05) is 26.0 Å². The van der Waals surface area contributed by atoms with Crippen LogP contribution < -0.4 is 5.32 Å². The van der Waals surface area contributed by atoms with Crippen molar-refractivity contribution >= 4 is 5.69 Å². The molecule has 0 heterocycles. The van der Waals surface area contributed by atoms with Crippen molar-refractivity contribution in [1.29, 1.82) is 0 Å². The van der Waals surface area contributed by atoms with Crippen LogP contribution in [0.15, 0.2) is 24.3 Å². The largest absolute Gasteiger partial charge is 0.382 e. The molecule has 0 spiro atoms. The van der Waals surface area contributed by atoms with Crippen molar-refractivity contribution in [3.63, 3.8) is 0 Å². The molecule has 1 aromatic rings. The van der Waals surface area contributed by atoms with E-state index in [1.54, 1.807) is 6.42 Å². The molecule has 5 rings (SSSR count). The van der Waals surface area contributed by atoms with Crippen molar-refractivity contribution < 1.29 is 0 Å². The summed E-state index contributed by atoms with van der Waals surface area (Å²) < 4.78 is 0. The third-order valence-corrected chi connectivity index (χ3v) is 6.11. The molecule has 0 unspecified atom stereocenters. The monoisotopic (exact) mass is 269 g/mol. The van der Waals surface area contributed by atoms with Gasteiger partial charge in [0.25, 0.3) is 0 Å². The summed E-state index contributed by atoms with van der Waals surface area (Å²) >= 11 is 0. The van der Waals surface area contributed by atoms with Gasteiger partial charge < -0.3 is 5.32 Å². The van der Waals surface area contributed by atoms with Gasteiger partial charge in [0.2, 0.25) is 0 Å². The Bertz CT molecular complexity index is 462. The molecule has 1 aromatic carbocycles. The average Bonchev–Trinajstić information content (AvgIpc) is 2.42. The highest BCUT2D eigenvalue weighted by Gasteiger charge is 2.48. The van der Waals surface area contributed by atoms with Gasteiger partial charge in [-0.2, -0.15) is 0 Å². The zero-order chi connectivity index (χ0) is 13.7. The summed E-state index contributed by atoms with van der Waals surface area (Å²) in [5.74, 6) is 4.66. The molecule has 20 heavy (non-hydrogen) atoms. The molecule has 4 aliphatic rings. The van der Waals surface area contributed by atoms with Gasteiger partial charge in [0.05, 0.1) is 0 Å². The summed E-state index contributed by atoms with van der Waals surface area (Å²) in [6, 6.07) is 9.86. The molecule has 1 N–H and O–H groups in total. The predicted molar refractivity (Wildman–Crippen MR) is 85.0 cm³/mol. The highest BCUT2D eigenvalue weighted by molar-refractivity contribution is 5.47. The lowest BCUT2D eigenvalue weighted by Crippen LogP contribution is -2.51. The van der Waals surface area contributed by atoms with Gasteiger partial charge in [0.15, 0.2) is 0 Å². The van der Waals surface area contributed by atoms with E-state index in [1.165, 1.54) is 36.9 Å². The van der Waals surface area contributed by atoms with Crippen molar-refractivity contribution in [1.82, 2.24) is 0 Å². The maximum Gasteiger partial charge on any atom is 0.0345 e. The molecular weight excluding hydrogens is 242 g/mol. The first-order valence-electron chi connectivity index (χ1n) is 8.55. The smallest absolute Gasteiger partial charge is 0.0345 e. The minimum Gasteiger partial charge on any atom is -0.382 e. The predicted octanol–water partition coefficient (Wildman–Crippen LogP) is 5.05. The van der Waals surface area contributed by atoms with Crippen LogP contribution in [0.3, 0.4) is 0 Å². The maximum atomic E-state index is 3.92. The van der Waals surface area contributed by atoms with Crippen molar-refractivity contribution in [3.05, 3.63) is 29.8 Å². The Kier molecular flexibility index (Phi) is 3.05. The lowest BCUT2D eigenvalue weighted by atomic mass is 9.54. The summed E-state index contributed by atoms with van der Waals surface area (Å²) in [7, 11) is 0. The number of rotatable bonds is 3. The van der Waals surface area contributed by atoms with Crippen LogP contribution >= 0.6 is 0 Å². The molecule has 4 fully saturated rings. The Hall–Kier alpha value is -0.980. The summed E-state index contributed by atoms with van der Waals surface area (Å²) in [5, 5.41) is 3.92. The molecular formula is C19H27N. The van der Waals surface area contributed by atoms with Gasteiger partial charge in [-0.05, 0) is 79.4 Å². The van der Waals surface area contributed by atoms with Crippen LogP contribution in [0.4, 0.5) is 5.69 Å². The van der Waals surface area contributed by atoms with Gasteiger partial charge in [0.1, 0.15) is 0 Å². The van der Waals surface area contributed by atoms with Crippen LogP contribution in [0.2, 0.25) is 0 Å². The molecule has 1 heteroatoms. The van der Waals surface area contributed by atoms with Crippen LogP contribution in [0, 0.1) is 23.7 Å². The van der Waals surface area contributed by atoms with E-state index in [0.717, 1.165) is 29.7 Å². The quantitative estimate of drug-likeness (QED) is 0.810. The second-order valence-corrected chi connectivity index (χ2v) is 7.88. The fraction of sp³-hybridized carbons (Fsp3) is 0.684. The molecule has 0 aromatic heterocycles. The Labute approximate surface area is 123 Å². The lowest BCUT2D eigenvalue weighted by molar-refractivity contribution is 0.00754. The van der Waals surface area contributed by atoms with Crippen LogP contribution in [0.1, 0.15) is 57.4 Å². The molecule has 0 atom stereocenters. The number of benzene rings is 1. The molecule has 108 valence electrons. The highest BCUT2D eigenvalue weighted by atomic mass is 14.9. The highest BCUT2D eigenvalue weighted by Crippen LogP contribution is 2.54. The van der Waals surface area contributed by atoms with Gasteiger partial charge >= 0.3 is 0 Å². The Morgan fingerprint density at radius 1 is 0.950 bits per heavy atom.